The average molecular weight is 428 g/mol. The third-order valence-electron chi connectivity index (χ3n) is 0. The van der Waals surface area contributed by atoms with Gasteiger partial charge in [-0.2, -0.15) is 0 Å². The van der Waals surface area contributed by atoms with Crippen LogP contribution in [0, 0.1) is 41.7 Å². The van der Waals surface area contributed by atoms with E-state index in [4.69, 9.17) is 52.6 Å². The van der Waals surface area contributed by atoms with Crippen LogP contribution in [0.15, 0.2) is 0 Å². The van der Waals surface area contributed by atoms with Crippen molar-refractivity contribution in [1.29, 1.82) is 0 Å². The molecule has 0 atom stereocenters. The second-order valence-electron chi connectivity index (χ2n) is 1.22. The predicted molar refractivity (Wildman–Crippen MR) is 31.4 cm³/mol. The summed E-state index contributed by atoms with van der Waals surface area (Å²) in [6.45, 7) is 0. The molecule has 0 saturated carbocycles. The maximum Gasteiger partial charge on any atom is 6.00 e. The maximum absolute atomic E-state index is 8.52. The Hall–Kier alpha value is 0.987. The summed E-state index contributed by atoms with van der Waals surface area (Å²) in [6.07, 6.45) is 0. The van der Waals surface area contributed by atoms with Gasteiger partial charge < -0.3 is 27.3 Å². The zero-order valence-electron chi connectivity index (χ0n) is 6.62. The minimum Gasteiger partial charge on any atom is -0.759 e. The van der Waals surface area contributed by atoms with E-state index in [9.17, 15) is 0 Å². The van der Waals surface area contributed by atoms with E-state index < -0.39 is 31.2 Å². The zero-order valence-corrected chi connectivity index (χ0v) is 12.2. The topological polar surface area (TPSA) is 241 Å². The van der Waals surface area contributed by atoms with E-state index >= 15 is 0 Å². The Morgan fingerprint density at radius 3 is 0.438 bits per heavy atom. The van der Waals surface area contributed by atoms with Gasteiger partial charge in [0.25, 0.3) is 0 Å². The van der Waals surface area contributed by atoms with Crippen LogP contribution < -0.4 is 0 Å². The van der Waals surface area contributed by atoms with Crippen molar-refractivity contribution in [2.24, 2.45) is 0 Å². The minimum atomic E-state index is -5.17. The van der Waals surface area contributed by atoms with Gasteiger partial charge in [-0.05, 0) is 0 Å². The Morgan fingerprint density at radius 1 is 0.438 bits per heavy atom. The van der Waals surface area contributed by atoms with E-state index in [1.807, 2.05) is 0 Å². The SMILES string of the molecule is O=S(=O)([O-])[O-].O=S(=O)([O-])[O-].O=S(=O)([O-])[O-].[Ce+6]. The van der Waals surface area contributed by atoms with Gasteiger partial charge in [0.1, 0.15) is 0 Å². The first-order chi connectivity index (χ1) is 6.00. The normalized spacial score (nSPS) is 10.9. The van der Waals surface area contributed by atoms with Crippen molar-refractivity contribution < 1.29 is 94.3 Å². The Bertz CT molecular complexity index is 337. The molecule has 0 aliphatic rings. The van der Waals surface area contributed by atoms with E-state index in [0.717, 1.165) is 0 Å². The molecule has 0 amide bonds. The quantitative estimate of drug-likeness (QED) is 0.264. The Morgan fingerprint density at radius 2 is 0.438 bits per heavy atom. The molecule has 0 aromatic carbocycles. The third-order valence-corrected chi connectivity index (χ3v) is 0. The van der Waals surface area contributed by atoms with Gasteiger partial charge in [-0.3, -0.25) is 25.3 Å². The van der Waals surface area contributed by atoms with Gasteiger partial charge in [0.15, 0.2) is 0 Å². The molecule has 0 spiro atoms. The summed E-state index contributed by atoms with van der Waals surface area (Å²) in [4.78, 5) is 0. The number of hydrogen-bond acceptors (Lipinski definition) is 12. The Balaban J connectivity index is -0.0000000655. The van der Waals surface area contributed by atoms with Crippen molar-refractivity contribution in [3.63, 3.8) is 0 Å². The standard InChI is InChI=1S/Ce.3H2O4S/c;3*1-5(2,3)4/h;3*(H2,1,2,3,4)/q+6;;;/p-6. The van der Waals surface area contributed by atoms with Gasteiger partial charge in [0.05, 0.1) is 0 Å². The molecule has 0 radical (unpaired) electrons. The van der Waals surface area contributed by atoms with Gasteiger partial charge in [-0.15, -0.1) is 0 Å². The molecule has 0 bridgehead atoms. The first kappa shape index (κ1) is 25.7. The molecule has 0 N–H and O–H groups in total. The van der Waals surface area contributed by atoms with Crippen molar-refractivity contribution in [3.05, 3.63) is 0 Å². The minimum absolute atomic E-state index is 0. The van der Waals surface area contributed by atoms with Crippen molar-refractivity contribution in [2.75, 3.05) is 0 Å². The summed E-state index contributed by atoms with van der Waals surface area (Å²) in [7, 11) is -15.5. The average Bonchev–Trinajstić information content (AvgIpc) is 1.41. The van der Waals surface area contributed by atoms with Crippen LogP contribution >= 0.6 is 0 Å². The van der Waals surface area contributed by atoms with Crippen LogP contribution in [0.25, 0.3) is 0 Å². The molecule has 0 aromatic heterocycles. The van der Waals surface area contributed by atoms with Gasteiger partial charge in [0.2, 0.25) is 0 Å². The van der Waals surface area contributed by atoms with E-state index in [2.05, 4.69) is 0 Å². The van der Waals surface area contributed by atoms with Crippen LogP contribution in [-0.2, 0) is 31.2 Å². The molecule has 0 rings (SSSR count). The molecular formula is CeO12S3. The largest absolute Gasteiger partial charge is 6.00 e. The van der Waals surface area contributed by atoms with Crippen molar-refractivity contribution in [2.45, 2.75) is 0 Å². The fourth-order valence-corrected chi connectivity index (χ4v) is 0. The summed E-state index contributed by atoms with van der Waals surface area (Å²) in [6, 6.07) is 0. The van der Waals surface area contributed by atoms with Gasteiger partial charge in [0, 0.05) is 31.2 Å². The molecule has 12 nitrogen and oxygen atoms in total. The molecule has 0 fully saturated rings. The van der Waals surface area contributed by atoms with Crippen molar-refractivity contribution in [1.82, 2.24) is 0 Å². The van der Waals surface area contributed by atoms with Crippen LogP contribution in [-0.4, -0.2) is 52.6 Å². The monoisotopic (exact) mass is 428 g/mol. The molecule has 16 heavy (non-hydrogen) atoms. The van der Waals surface area contributed by atoms with Crippen LogP contribution in [0.4, 0.5) is 0 Å². The Kier molecular flexibility index (Phi) is 16.0. The Labute approximate surface area is 124 Å². The molecule has 0 heterocycles. The molecule has 0 unspecified atom stereocenters. The second kappa shape index (κ2) is 9.96. The van der Waals surface area contributed by atoms with Crippen LogP contribution in [0.2, 0.25) is 0 Å². The molecule has 0 aromatic rings. The summed E-state index contributed by atoms with van der Waals surface area (Å²) < 4.78 is 102. The fourth-order valence-electron chi connectivity index (χ4n) is 0. The fraction of sp³-hybridized carbons (Fsp3) is 0. The summed E-state index contributed by atoms with van der Waals surface area (Å²) in [5, 5.41) is 0. The smallest absolute Gasteiger partial charge is 0.759 e. The van der Waals surface area contributed by atoms with E-state index in [1.165, 1.54) is 0 Å². The van der Waals surface area contributed by atoms with Gasteiger partial charge >= 0.3 is 41.7 Å². The molecular weight excluding hydrogens is 428 g/mol. The first-order valence-corrected chi connectivity index (χ1v) is 6.00. The second-order valence-corrected chi connectivity index (χ2v) is 3.67. The molecule has 0 aliphatic heterocycles. The van der Waals surface area contributed by atoms with Crippen molar-refractivity contribution in [3.8, 4) is 0 Å². The first-order valence-electron chi connectivity index (χ1n) is 2.00. The van der Waals surface area contributed by atoms with Gasteiger partial charge in [-0.25, -0.2) is 0 Å². The van der Waals surface area contributed by atoms with E-state index in [-0.39, 0.29) is 41.7 Å². The summed E-state index contributed by atoms with van der Waals surface area (Å²) >= 11 is 0. The van der Waals surface area contributed by atoms with Crippen molar-refractivity contribution >= 4 is 31.2 Å². The molecule has 0 saturated heterocycles. The van der Waals surface area contributed by atoms with Crippen LogP contribution in [0.5, 0.6) is 0 Å². The summed E-state index contributed by atoms with van der Waals surface area (Å²) in [5.41, 5.74) is 0. The number of rotatable bonds is 0. The molecule has 16 heteroatoms. The maximum atomic E-state index is 8.52. The van der Waals surface area contributed by atoms with E-state index in [1.54, 1.807) is 0 Å². The molecule has 94 valence electrons. The van der Waals surface area contributed by atoms with Gasteiger partial charge in [-0.1, -0.05) is 0 Å². The van der Waals surface area contributed by atoms with E-state index in [0.29, 0.717) is 0 Å². The zero-order chi connectivity index (χ0) is 13.5. The van der Waals surface area contributed by atoms with Crippen LogP contribution in [0.3, 0.4) is 0 Å². The van der Waals surface area contributed by atoms with Crippen LogP contribution in [0.1, 0.15) is 0 Å². The predicted octanol–water partition coefficient (Wildman–Crippen LogP) is -4.01. The third kappa shape index (κ3) is 3010. The molecule has 0 aliphatic carbocycles. The number of hydrogen-bond donors (Lipinski definition) is 0. The summed E-state index contributed by atoms with van der Waals surface area (Å²) in [5.74, 6) is 0.